The van der Waals surface area contributed by atoms with E-state index >= 15 is 0 Å². The molecule has 9 heteroatoms. The molecule has 0 amide bonds. The van der Waals surface area contributed by atoms with Crippen LogP contribution in [-0.2, 0) is 27.1 Å². The van der Waals surface area contributed by atoms with Crippen LogP contribution < -0.4 is 10.6 Å². The highest BCUT2D eigenvalue weighted by molar-refractivity contribution is 5.77. The van der Waals surface area contributed by atoms with Gasteiger partial charge in [0, 0.05) is 49.2 Å². The lowest BCUT2D eigenvalue weighted by Crippen LogP contribution is -2.67. The molecule has 1 aliphatic heterocycles. The first-order valence-electron chi connectivity index (χ1n) is 22.7. The van der Waals surface area contributed by atoms with E-state index in [1.165, 1.54) is 16.7 Å². The van der Waals surface area contributed by atoms with Crippen LogP contribution in [0.1, 0.15) is 89.2 Å². The van der Waals surface area contributed by atoms with Crippen molar-refractivity contribution in [2.75, 3.05) is 60.3 Å². The van der Waals surface area contributed by atoms with E-state index in [1.54, 1.807) is 7.11 Å². The topological polar surface area (TPSA) is 141 Å². The van der Waals surface area contributed by atoms with Crippen molar-refractivity contribution >= 4 is 6.29 Å². The zero-order chi connectivity index (χ0) is 43.0. The van der Waals surface area contributed by atoms with E-state index in [0.717, 1.165) is 73.6 Å². The van der Waals surface area contributed by atoms with Crippen molar-refractivity contribution in [3.05, 3.63) is 106 Å². The number of aldehydes is 1. The van der Waals surface area contributed by atoms with Gasteiger partial charge in [0.15, 0.2) is 0 Å². The fourth-order valence-electron chi connectivity index (χ4n) is 12.1. The van der Waals surface area contributed by atoms with Crippen LogP contribution in [0.25, 0.3) is 0 Å². The first-order valence-corrected chi connectivity index (χ1v) is 22.7. The number of methoxy groups -OCH3 is 1. The number of rotatable bonds is 17. The summed E-state index contributed by atoms with van der Waals surface area (Å²) in [6.07, 6.45) is 21.7. The summed E-state index contributed by atoms with van der Waals surface area (Å²) in [5, 5.41) is 53.4. The molecule has 2 fully saturated rings. The molecule has 9 atom stereocenters. The molecule has 5 aliphatic rings. The van der Waals surface area contributed by atoms with Gasteiger partial charge in [-0.05, 0) is 150 Å². The van der Waals surface area contributed by atoms with Gasteiger partial charge in [0.1, 0.15) is 6.29 Å². The summed E-state index contributed by atoms with van der Waals surface area (Å²) in [4.78, 5) is 12.8. The van der Waals surface area contributed by atoms with E-state index in [-0.39, 0.29) is 55.6 Å². The van der Waals surface area contributed by atoms with Crippen LogP contribution in [0.3, 0.4) is 0 Å². The van der Waals surface area contributed by atoms with Gasteiger partial charge < -0.3 is 40.5 Å². The Morgan fingerprint density at radius 3 is 2.70 bits per heavy atom. The van der Waals surface area contributed by atoms with E-state index in [0.29, 0.717) is 51.7 Å². The van der Waals surface area contributed by atoms with Gasteiger partial charge in [-0.15, -0.1) is 0 Å². The molecule has 6 rings (SSSR count). The summed E-state index contributed by atoms with van der Waals surface area (Å²) < 4.78 is 11.5. The zero-order valence-electron chi connectivity index (χ0n) is 36.9. The molecule has 1 spiro atoms. The first kappa shape index (κ1) is 46.5. The van der Waals surface area contributed by atoms with Gasteiger partial charge in [-0.1, -0.05) is 78.4 Å². The number of hydrogen-bond acceptors (Lipinski definition) is 9. The Bertz CT molecular complexity index is 1810. The SMILES string of the molecule is C=C(C=CC=C(COCCO)[C@H]1CC[C@]2([C@@H]1O)[C@@H]1C3=C(C=O)CCC[C@]3(C=C[C@@H]1CCO)C[C@]2(O)CCNC)[C@H]1CC=C(C)CN[C@](C)(CCOC)Cc2cccc(c2)C1. The number of carbonyl (C=O) groups is 1. The van der Waals surface area contributed by atoms with Crippen LogP contribution in [0.2, 0.25) is 0 Å². The standard InChI is InChI=1S/C51H74N2O7/c1-36-14-15-41(30-38-10-7-11-39(29-38)31-48(3,53-32-36)23-27-59-5)37(2)9-6-12-43(34-60-28-26-55)44-17-21-51(47(44)57)46-40(18-25-54)16-20-49(35-50(51,58)22-24-52-4)19-8-13-42(33-56)45(46)49/h6-7,9-12,14,16,20,29,33,40-41,44,46-47,52-55,57-58H,2,8,13,15,17-19,21-28,30-32,34-35H2,1,3-5H3/t40-,41+,44-,46+,47-,48-,49+,50-,51-/m1/s1. The second-order valence-corrected chi connectivity index (χ2v) is 19.1. The van der Waals surface area contributed by atoms with Gasteiger partial charge in [0.2, 0.25) is 0 Å². The smallest absolute Gasteiger partial charge is 0.146 e. The van der Waals surface area contributed by atoms with Crippen molar-refractivity contribution < 1.29 is 34.7 Å². The van der Waals surface area contributed by atoms with Crippen LogP contribution in [0.4, 0.5) is 0 Å². The molecule has 6 N–H and O–H groups in total. The van der Waals surface area contributed by atoms with Gasteiger partial charge in [-0.2, -0.15) is 0 Å². The Balaban J connectivity index is 1.32. The van der Waals surface area contributed by atoms with Crippen molar-refractivity contribution in [3.8, 4) is 0 Å². The van der Waals surface area contributed by atoms with Crippen LogP contribution >= 0.6 is 0 Å². The number of ether oxygens (including phenoxy) is 2. The van der Waals surface area contributed by atoms with Gasteiger partial charge in [0.25, 0.3) is 0 Å². The Labute approximate surface area is 359 Å². The Hall–Kier alpha value is -2.99. The minimum atomic E-state index is -1.22. The molecule has 4 aliphatic carbocycles. The van der Waals surface area contributed by atoms with Crippen molar-refractivity contribution in [1.82, 2.24) is 10.6 Å². The van der Waals surface area contributed by atoms with Crippen molar-refractivity contribution in [2.45, 2.75) is 108 Å². The molecule has 1 aromatic carbocycles. The lowest BCUT2D eigenvalue weighted by atomic mass is 9.40. The van der Waals surface area contributed by atoms with E-state index in [9.17, 15) is 25.2 Å². The Morgan fingerprint density at radius 2 is 1.95 bits per heavy atom. The molecule has 4 bridgehead atoms. The number of aliphatic hydroxyl groups is 4. The number of allylic oxidation sites excluding steroid dienone is 9. The molecule has 0 aromatic heterocycles. The monoisotopic (exact) mass is 827 g/mol. The minimum absolute atomic E-state index is 0.0193. The molecule has 60 heavy (non-hydrogen) atoms. The van der Waals surface area contributed by atoms with Gasteiger partial charge in [-0.3, -0.25) is 4.79 Å². The molecule has 1 heterocycles. The number of benzene rings is 1. The maximum Gasteiger partial charge on any atom is 0.146 e. The second-order valence-electron chi connectivity index (χ2n) is 19.1. The highest BCUT2D eigenvalue weighted by Crippen LogP contribution is 2.72. The molecule has 0 radical (unpaired) electrons. The molecule has 0 unspecified atom stereocenters. The maximum atomic E-state index is 13.2. The second kappa shape index (κ2) is 20.5. The highest BCUT2D eigenvalue weighted by Gasteiger charge is 2.71. The molecular weight excluding hydrogens is 753 g/mol. The number of nitrogens with one attached hydrogen (secondary N) is 2. The lowest BCUT2D eigenvalue weighted by Gasteiger charge is -2.66. The fraction of sp³-hybridized carbons (Fsp3) is 0.627. The molecular formula is C51H74N2O7. The van der Waals surface area contributed by atoms with Crippen LogP contribution in [0.5, 0.6) is 0 Å². The van der Waals surface area contributed by atoms with Crippen molar-refractivity contribution in [1.29, 1.82) is 0 Å². The molecule has 2 saturated carbocycles. The van der Waals surface area contributed by atoms with Crippen LogP contribution in [0, 0.1) is 34.5 Å². The molecule has 1 aromatic rings. The summed E-state index contributed by atoms with van der Waals surface area (Å²) >= 11 is 0. The van der Waals surface area contributed by atoms with Crippen molar-refractivity contribution in [2.24, 2.45) is 34.5 Å². The predicted octanol–water partition coefficient (Wildman–Crippen LogP) is 6.52. The summed E-state index contributed by atoms with van der Waals surface area (Å²) in [5.41, 5.74) is 5.03. The largest absolute Gasteiger partial charge is 0.396 e. The fourth-order valence-corrected chi connectivity index (χ4v) is 12.1. The predicted molar refractivity (Wildman–Crippen MR) is 239 cm³/mol. The van der Waals surface area contributed by atoms with E-state index < -0.39 is 22.5 Å². The van der Waals surface area contributed by atoms with E-state index in [4.69, 9.17) is 9.47 Å². The van der Waals surface area contributed by atoms with E-state index in [2.05, 4.69) is 85.7 Å². The Morgan fingerprint density at radius 1 is 1.13 bits per heavy atom. The maximum absolute atomic E-state index is 13.2. The van der Waals surface area contributed by atoms with Gasteiger partial charge >= 0.3 is 0 Å². The number of fused-ring (bicyclic) bond motifs is 3. The normalized spacial score (nSPS) is 34.6. The van der Waals surface area contributed by atoms with Crippen LogP contribution in [0.15, 0.2) is 95.2 Å². The molecule has 9 nitrogen and oxygen atoms in total. The highest BCUT2D eigenvalue weighted by atomic mass is 16.5. The number of hydrogen-bond donors (Lipinski definition) is 6. The summed E-state index contributed by atoms with van der Waals surface area (Å²) in [7, 11) is 3.65. The van der Waals surface area contributed by atoms with Crippen LogP contribution in [-0.4, -0.2) is 104 Å². The molecule has 330 valence electrons. The van der Waals surface area contributed by atoms with Gasteiger partial charge in [-0.25, -0.2) is 0 Å². The zero-order valence-corrected chi connectivity index (χ0v) is 36.9. The third kappa shape index (κ3) is 9.64. The number of aliphatic hydroxyl groups excluding tert-OH is 3. The molecule has 0 saturated heterocycles. The quantitative estimate of drug-likeness (QED) is 0.0449. The average Bonchev–Trinajstić information content (AvgIpc) is 3.58. The van der Waals surface area contributed by atoms with E-state index in [1.807, 2.05) is 13.1 Å². The summed E-state index contributed by atoms with van der Waals surface area (Å²) in [6, 6.07) is 8.93. The first-order chi connectivity index (χ1) is 28.9. The summed E-state index contributed by atoms with van der Waals surface area (Å²) in [6.45, 7) is 11.4. The minimum Gasteiger partial charge on any atom is -0.396 e. The number of carbonyl (C=O) groups excluding carboxylic acids is 1. The average molecular weight is 827 g/mol. The van der Waals surface area contributed by atoms with Crippen molar-refractivity contribution in [3.63, 3.8) is 0 Å². The third-order valence-corrected chi connectivity index (χ3v) is 15.1. The lowest BCUT2D eigenvalue weighted by molar-refractivity contribution is -0.207. The van der Waals surface area contributed by atoms with Gasteiger partial charge in [0.05, 0.1) is 31.5 Å². The summed E-state index contributed by atoms with van der Waals surface area (Å²) in [5.74, 6) is -0.554. The Kier molecular flexibility index (Phi) is 15.9. The third-order valence-electron chi connectivity index (χ3n) is 15.1.